The maximum atomic E-state index is 13.0. The van der Waals surface area contributed by atoms with Crippen LogP contribution in [0.3, 0.4) is 0 Å². The summed E-state index contributed by atoms with van der Waals surface area (Å²) in [7, 11) is 0. The fourth-order valence-electron chi connectivity index (χ4n) is 4.52. The van der Waals surface area contributed by atoms with Crippen molar-refractivity contribution in [3.8, 4) is 0 Å². The Morgan fingerprint density at radius 2 is 1.55 bits per heavy atom. The molecule has 1 aliphatic carbocycles. The van der Waals surface area contributed by atoms with Gasteiger partial charge in [-0.3, -0.25) is 4.79 Å². The fourth-order valence-corrected chi connectivity index (χ4v) is 4.52. The van der Waals surface area contributed by atoms with E-state index < -0.39 is 0 Å². The van der Waals surface area contributed by atoms with Crippen LogP contribution in [-0.4, -0.2) is 40.1 Å². The highest BCUT2D eigenvalue weighted by molar-refractivity contribution is 5.80. The first-order valence-electron chi connectivity index (χ1n) is 8.42. The van der Waals surface area contributed by atoms with Crippen LogP contribution in [0.4, 0.5) is 0 Å². The third-order valence-electron chi connectivity index (χ3n) is 5.60. The number of fused-ring (bicyclic) bond motifs is 2. The van der Waals surface area contributed by atoms with Gasteiger partial charge in [0.2, 0.25) is 5.91 Å². The van der Waals surface area contributed by atoms with E-state index in [1.165, 1.54) is 12.8 Å². The molecule has 0 radical (unpaired) electrons. The molecule has 3 aliphatic rings. The molecule has 0 aromatic heterocycles. The fraction of sp³-hybridized carbons (Fsp3) is 0.938. The lowest BCUT2D eigenvalue weighted by atomic mass is 9.85. The number of aliphatic hydroxyl groups is 1. The van der Waals surface area contributed by atoms with Crippen LogP contribution in [0, 0.1) is 5.92 Å². The first-order valence-corrected chi connectivity index (χ1v) is 8.42. The van der Waals surface area contributed by atoms with Gasteiger partial charge >= 0.3 is 0 Å². The lowest BCUT2D eigenvalue weighted by Crippen LogP contribution is -2.53. The van der Waals surface area contributed by atoms with Crippen LogP contribution in [0.15, 0.2) is 0 Å². The van der Waals surface area contributed by atoms with Gasteiger partial charge in [0.1, 0.15) is 0 Å². The topological polar surface area (TPSA) is 66.6 Å². The van der Waals surface area contributed by atoms with Crippen LogP contribution < -0.4 is 5.73 Å². The average molecular weight is 280 g/mol. The molecular formula is C16H28N2O2. The van der Waals surface area contributed by atoms with Crippen LogP contribution in [0.25, 0.3) is 0 Å². The van der Waals surface area contributed by atoms with E-state index in [1.807, 2.05) is 0 Å². The van der Waals surface area contributed by atoms with E-state index >= 15 is 0 Å². The minimum Gasteiger partial charge on any atom is -0.393 e. The number of hydrogen-bond acceptors (Lipinski definition) is 3. The second-order valence-corrected chi connectivity index (χ2v) is 7.02. The molecule has 0 unspecified atom stereocenters. The second kappa shape index (κ2) is 6.02. The maximum absolute atomic E-state index is 13.0. The first kappa shape index (κ1) is 14.3. The molecule has 2 bridgehead atoms. The molecular weight excluding hydrogens is 252 g/mol. The molecule has 0 aromatic rings. The van der Waals surface area contributed by atoms with Crippen LogP contribution in [0.2, 0.25) is 0 Å². The summed E-state index contributed by atoms with van der Waals surface area (Å²) in [4.78, 5) is 15.1. The minimum atomic E-state index is -0.206. The Morgan fingerprint density at radius 3 is 2.20 bits per heavy atom. The van der Waals surface area contributed by atoms with Crippen molar-refractivity contribution in [2.45, 2.75) is 88.4 Å². The summed E-state index contributed by atoms with van der Waals surface area (Å²) in [5.74, 6) is 0.312. The van der Waals surface area contributed by atoms with Gasteiger partial charge in [0.25, 0.3) is 0 Å². The van der Waals surface area contributed by atoms with Crippen molar-refractivity contribution >= 4 is 5.91 Å². The van der Waals surface area contributed by atoms with Gasteiger partial charge < -0.3 is 15.7 Å². The summed E-state index contributed by atoms with van der Waals surface area (Å²) < 4.78 is 0. The predicted octanol–water partition coefficient (Wildman–Crippen LogP) is 1.80. The molecule has 20 heavy (non-hydrogen) atoms. The first-order chi connectivity index (χ1) is 9.66. The van der Waals surface area contributed by atoms with Gasteiger partial charge in [0.15, 0.2) is 0 Å². The Bertz CT molecular complexity index is 346. The summed E-state index contributed by atoms with van der Waals surface area (Å²) in [5.41, 5.74) is 6.30. The van der Waals surface area contributed by atoms with E-state index in [1.54, 1.807) is 0 Å². The number of piperidine rings is 1. The zero-order valence-corrected chi connectivity index (χ0v) is 12.3. The third kappa shape index (κ3) is 2.73. The molecule has 2 heterocycles. The molecule has 0 spiro atoms. The highest BCUT2D eigenvalue weighted by atomic mass is 16.3. The molecule has 2 saturated heterocycles. The number of nitrogens with zero attached hydrogens (tertiary/aromatic N) is 1. The largest absolute Gasteiger partial charge is 0.393 e. The SMILES string of the molecule is N[C@H]1CCCCCC[C@H]1C(=O)N1[C@H]2CC[C@H]1CC(O)C2. The molecule has 1 amide bonds. The zero-order chi connectivity index (χ0) is 14.1. The Morgan fingerprint density at radius 1 is 0.950 bits per heavy atom. The van der Waals surface area contributed by atoms with Gasteiger partial charge in [0, 0.05) is 18.1 Å². The van der Waals surface area contributed by atoms with E-state index in [0.717, 1.165) is 51.4 Å². The van der Waals surface area contributed by atoms with Crippen LogP contribution in [0.1, 0.15) is 64.2 Å². The monoisotopic (exact) mass is 280 g/mol. The van der Waals surface area contributed by atoms with Crippen molar-refractivity contribution in [2.75, 3.05) is 0 Å². The number of amides is 1. The average Bonchev–Trinajstić information content (AvgIpc) is 2.66. The van der Waals surface area contributed by atoms with Crippen molar-refractivity contribution in [1.82, 2.24) is 4.90 Å². The van der Waals surface area contributed by atoms with Crippen molar-refractivity contribution in [3.05, 3.63) is 0 Å². The van der Waals surface area contributed by atoms with Gasteiger partial charge in [-0.1, -0.05) is 25.7 Å². The smallest absolute Gasteiger partial charge is 0.227 e. The summed E-state index contributed by atoms with van der Waals surface area (Å²) in [6, 6.07) is 0.580. The summed E-state index contributed by atoms with van der Waals surface area (Å²) in [6.45, 7) is 0. The highest BCUT2D eigenvalue weighted by Gasteiger charge is 2.45. The lowest BCUT2D eigenvalue weighted by molar-refractivity contribution is -0.143. The quantitative estimate of drug-likeness (QED) is 0.769. The van der Waals surface area contributed by atoms with Gasteiger partial charge in [-0.05, 0) is 38.5 Å². The zero-order valence-electron chi connectivity index (χ0n) is 12.3. The third-order valence-corrected chi connectivity index (χ3v) is 5.60. The second-order valence-electron chi connectivity index (χ2n) is 7.02. The normalized spacial score (nSPS) is 42.1. The Labute approximate surface area is 121 Å². The van der Waals surface area contributed by atoms with Gasteiger partial charge in [-0.2, -0.15) is 0 Å². The van der Waals surface area contributed by atoms with Crippen molar-refractivity contribution in [2.24, 2.45) is 11.7 Å². The number of carbonyl (C=O) groups is 1. The maximum Gasteiger partial charge on any atom is 0.227 e. The van der Waals surface area contributed by atoms with E-state index in [-0.39, 0.29) is 30.1 Å². The standard InChI is InChI=1S/C16H28N2O2/c17-15-6-4-2-1-3-5-14(15)16(20)18-11-7-8-12(18)10-13(19)9-11/h11-15,19H,1-10,17H2/t11-,12-,14+,15-/m0/s1. The van der Waals surface area contributed by atoms with E-state index in [2.05, 4.69) is 4.90 Å². The molecule has 3 fully saturated rings. The van der Waals surface area contributed by atoms with Gasteiger partial charge in [0.05, 0.1) is 12.0 Å². The lowest BCUT2D eigenvalue weighted by Gasteiger charge is -2.40. The Kier molecular flexibility index (Phi) is 4.32. The van der Waals surface area contributed by atoms with Gasteiger partial charge in [-0.25, -0.2) is 0 Å². The van der Waals surface area contributed by atoms with Crippen molar-refractivity contribution in [1.29, 1.82) is 0 Å². The van der Waals surface area contributed by atoms with Crippen molar-refractivity contribution < 1.29 is 9.90 Å². The van der Waals surface area contributed by atoms with E-state index in [4.69, 9.17) is 5.73 Å². The number of nitrogens with two attached hydrogens (primary N) is 1. The van der Waals surface area contributed by atoms with E-state index in [9.17, 15) is 9.90 Å². The van der Waals surface area contributed by atoms with Gasteiger partial charge in [-0.15, -0.1) is 0 Å². The number of hydrogen-bond donors (Lipinski definition) is 2. The summed E-state index contributed by atoms with van der Waals surface area (Å²) in [6.07, 6.45) is 10.2. The Hall–Kier alpha value is -0.610. The molecule has 3 rings (SSSR count). The molecule has 114 valence electrons. The predicted molar refractivity (Wildman–Crippen MR) is 78.1 cm³/mol. The molecule has 1 saturated carbocycles. The molecule has 4 atom stereocenters. The summed E-state index contributed by atoms with van der Waals surface area (Å²) >= 11 is 0. The van der Waals surface area contributed by atoms with Crippen molar-refractivity contribution in [3.63, 3.8) is 0 Å². The van der Waals surface area contributed by atoms with Crippen LogP contribution >= 0.6 is 0 Å². The number of carbonyl (C=O) groups excluding carboxylic acids is 1. The Balaban J connectivity index is 1.71. The molecule has 4 nitrogen and oxygen atoms in total. The number of aliphatic hydroxyl groups excluding tert-OH is 1. The summed E-state index contributed by atoms with van der Waals surface area (Å²) in [5, 5.41) is 9.87. The molecule has 4 heteroatoms. The van der Waals surface area contributed by atoms with E-state index in [0.29, 0.717) is 5.91 Å². The molecule has 2 aliphatic heterocycles. The molecule has 3 N–H and O–H groups in total. The number of rotatable bonds is 1. The van der Waals surface area contributed by atoms with Crippen LogP contribution in [0.5, 0.6) is 0 Å². The molecule has 0 aromatic carbocycles. The minimum absolute atomic E-state index is 0.0219. The van der Waals surface area contributed by atoms with Crippen LogP contribution in [-0.2, 0) is 4.79 Å². The highest BCUT2D eigenvalue weighted by Crippen LogP contribution is 2.38.